The Morgan fingerprint density at radius 3 is 2.90 bits per heavy atom. The number of rotatable bonds is 5. The van der Waals surface area contributed by atoms with Crippen LogP contribution in [0.3, 0.4) is 0 Å². The molecule has 1 N–H and O–H groups in total. The first-order valence-electron chi connectivity index (χ1n) is 6.52. The molecule has 1 aromatic heterocycles. The van der Waals surface area contributed by atoms with Crippen LogP contribution in [0.2, 0.25) is 0 Å². The van der Waals surface area contributed by atoms with Gasteiger partial charge in [-0.2, -0.15) is 5.26 Å². The van der Waals surface area contributed by atoms with Crippen molar-refractivity contribution >= 4 is 11.5 Å². The number of pyridine rings is 1. The zero-order chi connectivity index (χ0) is 15.3. The molecule has 0 aromatic carbocycles. The summed E-state index contributed by atoms with van der Waals surface area (Å²) in [5.41, 5.74) is -0.759. The monoisotopic (exact) mass is 292 g/mol. The summed E-state index contributed by atoms with van der Waals surface area (Å²) in [4.78, 5) is 14.5. The van der Waals surface area contributed by atoms with Crippen molar-refractivity contribution in [2.24, 2.45) is 0 Å². The zero-order valence-corrected chi connectivity index (χ0v) is 11.7. The lowest BCUT2D eigenvalue weighted by Crippen LogP contribution is -2.44. The maximum Gasteiger partial charge on any atom is 0.328 e. The first-order chi connectivity index (χ1) is 10.1. The summed E-state index contributed by atoms with van der Waals surface area (Å²) in [6.07, 6.45) is 2.77. The van der Waals surface area contributed by atoms with E-state index in [9.17, 15) is 10.1 Å². The zero-order valence-electron chi connectivity index (χ0n) is 11.7. The van der Waals surface area contributed by atoms with Crippen molar-refractivity contribution < 1.29 is 14.4 Å². The molecule has 1 saturated heterocycles. The second-order valence-corrected chi connectivity index (χ2v) is 4.78. The van der Waals surface area contributed by atoms with Gasteiger partial charge in [0, 0.05) is 45.9 Å². The molecule has 112 valence electrons. The van der Waals surface area contributed by atoms with Crippen LogP contribution in [-0.4, -0.2) is 42.4 Å². The highest BCUT2D eigenvalue weighted by atomic mass is 16.6. The number of nitro groups is 1. The molecule has 0 aliphatic carbocycles. The van der Waals surface area contributed by atoms with Gasteiger partial charge >= 0.3 is 5.69 Å². The van der Waals surface area contributed by atoms with Crippen molar-refractivity contribution in [1.82, 2.24) is 4.98 Å². The van der Waals surface area contributed by atoms with Crippen molar-refractivity contribution in [1.29, 1.82) is 5.26 Å². The molecule has 0 radical (unpaired) electrons. The Balaban J connectivity index is 2.20. The summed E-state index contributed by atoms with van der Waals surface area (Å²) in [6.45, 7) is 1.54. The second-order valence-electron chi connectivity index (χ2n) is 4.78. The van der Waals surface area contributed by atoms with E-state index in [4.69, 9.17) is 14.7 Å². The van der Waals surface area contributed by atoms with Crippen molar-refractivity contribution in [3.8, 4) is 6.07 Å². The average Bonchev–Trinajstić information content (AvgIpc) is 2.53. The SMILES string of the molecule is COC1(CNc2nccc(C#N)c2[N+](=O)[O-])CCOCC1. The highest BCUT2D eigenvalue weighted by molar-refractivity contribution is 5.64. The number of nitrogens with one attached hydrogen (secondary N) is 1. The second kappa shape index (κ2) is 6.47. The van der Waals surface area contributed by atoms with E-state index in [0.717, 1.165) is 0 Å². The lowest BCUT2D eigenvalue weighted by atomic mass is 9.94. The largest absolute Gasteiger partial charge is 0.381 e. The third kappa shape index (κ3) is 3.26. The van der Waals surface area contributed by atoms with E-state index < -0.39 is 10.5 Å². The Morgan fingerprint density at radius 1 is 1.62 bits per heavy atom. The molecule has 2 rings (SSSR count). The fourth-order valence-electron chi connectivity index (χ4n) is 2.30. The van der Waals surface area contributed by atoms with Crippen molar-refractivity contribution in [3.63, 3.8) is 0 Å². The Kier molecular flexibility index (Phi) is 4.67. The van der Waals surface area contributed by atoms with Gasteiger partial charge in [-0.1, -0.05) is 0 Å². The highest BCUT2D eigenvalue weighted by Crippen LogP contribution is 2.29. The van der Waals surface area contributed by atoms with Crippen LogP contribution in [0, 0.1) is 21.4 Å². The molecule has 1 fully saturated rings. The molecule has 0 bridgehead atoms. The molecule has 8 heteroatoms. The first-order valence-corrected chi connectivity index (χ1v) is 6.52. The lowest BCUT2D eigenvalue weighted by Gasteiger charge is -2.36. The van der Waals surface area contributed by atoms with E-state index >= 15 is 0 Å². The van der Waals surface area contributed by atoms with Gasteiger partial charge < -0.3 is 14.8 Å². The molecule has 8 nitrogen and oxygen atoms in total. The molecular formula is C13H16N4O4. The molecule has 0 unspecified atom stereocenters. The molecule has 0 saturated carbocycles. The van der Waals surface area contributed by atoms with Gasteiger partial charge in [0.1, 0.15) is 11.6 Å². The van der Waals surface area contributed by atoms with Crippen molar-refractivity contribution in [2.75, 3.05) is 32.2 Å². The normalized spacial score (nSPS) is 17.0. The van der Waals surface area contributed by atoms with Gasteiger partial charge in [-0.15, -0.1) is 0 Å². The fourth-order valence-corrected chi connectivity index (χ4v) is 2.30. The van der Waals surface area contributed by atoms with Gasteiger partial charge in [-0.25, -0.2) is 4.98 Å². The summed E-state index contributed by atoms with van der Waals surface area (Å²) in [5.74, 6) is 0.0852. The standard InChI is InChI=1S/C13H16N4O4/c1-20-13(3-6-21-7-4-13)9-16-12-11(17(18)19)10(8-14)2-5-15-12/h2,5H,3-4,6-7,9H2,1H3,(H,15,16). The number of nitriles is 1. The van der Waals surface area contributed by atoms with E-state index in [0.29, 0.717) is 32.6 Å². The molecule has 1 aliphatic rings. The van der Waals surface area contributed by atoms with Gasteiger partial charge in [0.15, 0.2) is 0 Å². The Morgan fingerprint density at radius 2 is 2.33 bits per heavy atom. The predicted molar refractivity (Wildman–Crippen MR) is 73.9 cm³/mol. The molecule has 21 heavy (non-hydrogen) atoms. The summed E-state index contributed by atoms with van der Waals surface area (Å²) in [5, 5.41) is 23.0. The minimum Gasteiger partial charge on any atom is -0.381 e. The maximum atomic E-state index is 11.1. The van der Waals surface area contributed by atoms with Crippen LogP contribution in [0.4, 0.5) is 11.5 Å². The van der Waals surface area contributed by atoms with Crippen LogP contribution in [-0.2, 0) is 9.47 Å². The Labute approximate surface area is 121 Å². The molecule has 0 spiro atoms. The van der Waals surface area contributed by atoms with E-state index in [1.165, 1.54) is 12.3 Å². The van der Waals surface area contributed by atoms with Crippen molar-refractivity contribution in [2.45, 2.75) is 18.4 Å². The topological polar surface area (TPSA) is 110 Å². The van der Waals surface area contributed by atoms with Crippen LogP contribution in [0.25, 0.3) is 0 Å². The Bertz CT molecular complexity index is 564. The maximum absolute atomic E-state index is 11.1. The number of methoxy groups -OCH3 is 1. The van der Waals surface area contributed by atoms with Crippen LogP contribution in [0.15, 0.2) is 12.3 Å². The number of aromatic nitrogens is 1. The van der Waals surface area contributed by atoms with Crippen LogP contribution in [0.5, 0.6) is 0 Å². The van der Waals surface area contributed by atoms with Crippen LogP contribution >= 0.6 is 0 Å². The predicted octanol–water partition coefficient (Wildman–Crippen LogP) is 1.47. The molecular weight excluding hydrogens is 276 g/mol. The highest BCUT2D eigenvalue weighted by Gasteiger charge is 2.33. The number of anilines is 1. The van der Waals surface area contributed by atoms with Gasteiger partial charge in [-0.05, 0) is 6.07 Å². The fraction of sp³-hybridized carbons (Fsp3) is 0.538. The summed E-state index contributed by atoms with van der Waals surface area (Å²) < 4.78 is 10.9. The van der Waals surface area contributed by atoms with Crippen LogP contribution in [0.1, 0.15) is 18.4 Å². The minimum atomic E-state index is -0.600. The number of nitrogens with zero attached hydrogens (tertiary/aromatic N) is 3. The average molecular weight is 292 g/mol. The van der Waals surface area contributed by atoms with Gasteiger partial charge in [-0.3, -0.25) is 10.1 Å². The van der Waals surface area contributed by atoms with Crippen molar-refractivity contribution in [3.05, 3.63) is 27.9 Å². The van der Waals surface area contributed by atoms with Gasteiger partial charge in [0.05, 0.1) is 10.5 Å². The molecule has 1 aromatic rings. The van der Waals surface area contributed by atoms with E-state index in [1.54, 1.807) is 13.2 Å². The molecule has 0 amide bonds. The van der Waals surface area contributed by atoms with E-state index in [-0.39, 0.29) is 17.1 Å². The van der Waals surface area contributed by atoms with Gasteiger partial charge in [0.25, 0.3) is 0 Å². The van der Waals surface area contributed by atoms with Gasteiger partial charge in [0.2, 0.25) is 5.82 Å². The third-order valence-electron chi connectivity index (χ3n) is 3.64. The van der Waals surface area contributed by atoms with E-state index in [2.05, 4.69) is 10.3 Å². The Hall–Kier alpha value is -2.24. The minimum absolute atomic E-state index is 0.0176. The summed E-state index contributed by atoms with van der Waals surface area (Å²) in [6, 6.07) is 3.13. The summed E-state index contributed by atoms with van der Waals surface area (Å²) in [7, 11) is 1.61. The lowest BCUT2D eigenvalue weighted by molar-refractivity contribution is -0.384. The quantitative estimate of drug-likeness (QED) is 0.646. The summed E-state index contributed by atoms with van der Waals surface area (Å²) >= 11 is 0. The number of hydrogen-bond acceptors (Lipinski definition) is 7. The molecule has 1 aliphatic heterocycles. The van der Waals surface area contributed by atoms with E-state index in [1.807, 2.05) is 0 Å². The third-order valence-corrected chi connectivity index (χ3v) is 3.64. The molecule has 2 heterocycles. The number of hydrogen-bond donors (Lipinski definition) is 1. The first kappa shape index (κ1) is 15.2. The molecule has 0 atom stereocenters. The number of ether oxygens (including phenoxy) is 2. The smallest absolute Gasteiger partial charge is 0.328 e. The van der Waals surface area contributed by atoms with Crippen LogP contribution < -0.4 is 5.32 Å².